The largest absolute Gasteiger partial charge is 0.492 e. The first-order valence-electron chi connectivity index (χ1n) is 10.7. The molecular formula is C23H26N4O5S. The Morgan fingerprint density at radius 1 is 1.18 bits per heavy atom. The van der Waals surface area contributed by atoms with Gasteiger partial charge in [-0.1, -0.05) is 12.1 Å². The molecule has 2 amide bonds. The lowest BCUT2D eigenvalue weighted by Crippen LogP contribution is -2.38. The number of aromatic nitrogens is 2. The van der Waals surface area contributed by atoms with E-state index in [1.807, 2.05) is 21.9 Å². The van der Waals surface area contributed by atoms with E-state index < -0.39 is 15.9 Å². The second kappa shape index (κ2) is 9.22. The lowest BCUT2D eigenvalue weighted by atomic mass is 9.98. The predicted octanol–water partition coefficient (Wildman–Crippen LogP) is 2.56. The van der Waals surface area contributed by atoms with E-state index in [1.54, 1.807) is 37.4 Å². The van der Waals surface area contributed by atoms with Crippen LogP contribution >= 0.6 is 0 Å². The molecule has 0 aliphatic carbocycles. The lowest BCUT2D eigenvalue weighted by Gasteiger charge is -2.31. The Hall–Kier alpha value is -3.40. The van der Waals surface area contributed by atoms with Crippen LogP contribution in [-0.4, -0.2) is 61.1 Å². The number of aromatic amines is 1. The van der Waals surface area contributed by atoms with Crippen molar-refractivity contribution in [2.24, 2.45) is 5.92 Å². The molecule has 1 aliphatic rings. The van der Waals surface area contributed by atoms with Crippen molar-refractivity contribution < 1.29 is 22.7 Å². The number of benzene rings is 1. The average molecular weight is 471 g/mol. The summed E-state index contributed by atoms with van der Waals surface area (Å²) in [6, 6.07) is 8.50. The molecule has 9 nitrogen and oxygen atoms in total. The van der Waals surface area contributed by atoms with Gasteiger partial charge in [-0.2, -0.15) is 0 Å². The Kier molecular flexibility index (Phi) is 6.37. The Morgan fingerprint density at radius 2 is 1.88 bits per heavy atom. The summed E-state index contributed by atoms with van der Waals surface area (Å²) in [6.45, 7) is 3.66. The number of nitrogens with one attached hydrogen (secondary N) is 2. The minimum atomic E-state index is -3.63. The number of amides is 2. The van der Waals surface area contributed by atoms with Crippen molar-refractivity contribution in [3.05, 3.63) is 48.3 Å². The number of pyridine rings is 1. The molecule has 1 saturated heterocycles. The molecule has 0 spiro atoms. The van der Waals surface area contributed by atoms with Crippen LogP contribution in [0.1, 0.15) is 30.1 Å². The third-order valence-corrected chi connectivity index (χ3v) is 6.36. The van der Waals surface area contributed by atoms with Gasteiger partial charge < -0.3 is 14.6 Å². The SMILES string of the molecule is CC(=O)N1CCC(COc2ccnc3[nH]cc(-c4ccc(C(=O)NS(C)(=O)=O)cc4)c23)CC1. The lowest BCUT2D eigenvalue weighted by molar-refractivity contribution is -0.130. The van der Waals surface area contributed by atoms with Crippen LogP contribution in [0.15, 0.2) is 42.7 Å². The van der Waals surface area contributed by atoms with Crippen molar-refractivity contribution in [1.82, 2.24) is 19.6 Å². The highest BCUT2D eigenvalue weighted by Crippen LogP contribution is 2.35. The first kappa shape index (κ1) is 22.8. The molecule has 1 aliphatic heterocycles. The van der Waals surface area contributed by atoms with Crippen molar-refractivity contribution in [3.63, 3.8) is 0 Å². The number of piperidine rings is 1. The number of ether oxygens (including phenoxy) is 1. The number of likely N-dealkylation sites (tertiary alicyclic amines) is 1. The normalized spacial score (nSPS) is 14.9. The molecule has 0 unspecified atom stereocenters. The standard InChI is InChI=1S/C23H26N4O5S/c1-15(28)27-11-8-16(9-12-27)14-32-20-7-10-24-22-21(20)19(13-25-22)17-3-5-18(6-4-17)23(29)26-33(2,30)31/h3-7,10,13,16H,8-9,11-12,14H2,1-2H3,(H,24,25)(H,26,29). The van der Waals surface area contributed by atoms with E-state index in [0.29, 0.717) is 23.9 Å². The van der Waals surface area contributed by atoms with Gasteiger partial charge in [0.1, 0.15) is 11.4 Å². The second-order valence-corrected chi connectivity index (χ2v) is 10.0. The van der Waals surface area contributed by atoms with Gasteiger partial charge in [-0.3, -0.25) is 9.59 Å². The van der Waals surface area contributed by atoms with Crippen LogP contribution in [0, 0.1) is 5.92 Å². The van der Waals surface area contributed by atoms with Gasteiger partial charge in [0.05, 0.1) is 18.2 Å². The summed E-state index contributed by atoms with van der Waals surface area (Å²) in [4.78, 5) is 33.0. The van der Waals surface area contributed by atoms with Gasteiger partial charge in [0.2, 0.25) is 15.9 Å². The molecule has 0 bridgehead atoms. The highest BCUT2D eigenvalue weighted by atomic mass is 32.2. The number of carbonyl (C=O) groups is 2. The smallest absolute Gasteiger partial charge is 0.264 e. The summed E-state index contributed by atoms with van der Waals surface area (Å²) >= 11 is 0. The molecule has 1 fully saturated rings. The highest BCUT2D eigenvalue weighted by molar-refractivity contribution is 7.89. The fourth-order valence-electron chi connectivity index (χ4n) is 4.03. The zero-order valence-corrected chi connectivity index (χ0v) is 19.3. The van der Waals surface area contributed by atoms with Gasteiger partial charge in [0.25, 0.3) is 5.91 Å². The molecule has 33 heavy (non-hydrogen) atoms. The van der Waals surface area contributed by atoms with E-state index in [9.17, 15) is 18.0 Å². The van der Waals surface area contributed by atoms with Gasteiger partial charge in [-0.05, 0) is 42.5 Å². The Labute approximate surface area is 192 Å². The molecule has 0 saturated carbocycles. The maximum Gasteiger partial charge on any atom is 0.264 e. The predicted molar refractivity (Wildman–Crippen MR) is 124 cm³/mol. The summed E-state index contributed by atoms with van der Waals surface area (Å²) in [5.74, 6) is 0.523. The van der Waals surface area contributed by atoms with Gasteiger partial charge in [0.15, 0.2) is 0 Å². The van der Waals surface area contributed by atoms with E-state index in [4.69, 9.17) is 4.74 Å². The van der Waals surface area contributed by atoms with Crippen molar-refractivity contribution >= 4 is 32.9 Å². The Bertz CT molecular complexity index is 1280. The van der Waals surface area contributed by atoms with E-state index >= 15 is 0 Å². The quantitative estimate of drug-likeness (QED) is 0.571. The van der Waals surface area contributed by atoms with E-state index in [1.165, 1.54) is 0 Å². The number of carbonyl (C=O) groups excluding carboxylic acids is 2. The van der Waals surface area contributed by atoms with Gasteiger partial charge in [-0.15, -0.1) is 0 Å². The first-order valence-corrected chi connectivity index (χ1v) is 12.6. The Morgan fingerprint density at radius 3 is 2.52 bits per heavy atom. The van der Waals surface area contributed by atoms with Crippen LogP contribution in [0.25, 0.3) is 22.2 Å². The van der Waals surface area contributed by atoms with Gasteiger partial charge in [-0.25, -0.2) is 18.1 Å². The second-order valence-electron chi connectivity index (χ2n) is 8.28. The number of rotatable bonds is 6. The fraction of sp³-hybridized carbons (Fsp3) is 0.348. The summed E-state index contributed by atoms with van der Waals surface area (Å²) in [5.41, 5.74) is 2.64. The summed E-state index contributed by atoms with van der Waals surface area (Å²) in [6.07, 6.45) is 6.28. The number of hydrogen-bond acceptors (Lipinski definition) is 6. The summed E-state index contributed by atoms with van der Waals surface area (Å²) in [7, 11) is -3.63. The fourth-order valence-corrected chi connectivity index (χ4v) is 4.48. The van der Waals surface area contributed by atoms with E-state index in [0.717, 1.165) is 48.7 Å². The first-order chi connectivity index (χ1) is 15.7. The van der Waals surface area contributed by atoms with Gasteiger partial charge in [0, 0.05) is 43.5 Å². The molecule has 174 valence electrons. The molecule has 0 atom stereocenters. The zero-order valence-electron chi connectivity index (χ0n) is 18.5. The Balaban J connectivity index is 1.52. The molecule has 10 heteroatoms. The average Bonchev–Trinajstić information content (AvgIpc) is 3.22. The van der Waals surface area contributed by atoms with Crippen LogP contribution in [0.5, 0.6) is 5.75 Å². The van der Waals surface area contributed by atoms with Crippen LogP contribution in [0.2, 0.25) is 0 Å². The number of nitrogens with zero attached hydrogens (tertiary/aromatic N) is 2. The van der Waals surface area contributed by atoms with E-state index in [-0.39, 0.29) is 11.5 Å². The van der Waals surface area contributed by atoms with Crippen molar-refractivity contribution in [1.29, 1.82) is 0 Å². The topological polar surface area (TPSA) is 121 Å². The number of hydrogen-bond donors (Lipinski definition) is 2. The van der Waals surface area contributed by atoms with Crippen LogP contribution in [-0.2, 0) is 14.8 Å². The minimum Gasteiger partial charge on any atom is -0.492 e. The van der Waals surface area contributed by atoms with Crippen molar-refractivity contribution in [3.8, 4) is 16.9 Å². The number of H-pyrrole nitrogens is 1. The number of fused-ring (bicyclic) bond motifs is 1. The van der Waals surface area contributed by atoms with Crippen molar-refractivity contribution in [2.75, 3.05) is 26.0 Å². The maximum atomic E-state index is 12.1. The summed E-state index contributed by atoms with van der Waals surface area (Å²) in [5, 5.41) is 0.840. The molecule has 3 heterocycles. The van der Waals surface area contributed by atoms with Crippen LogP contribution in [0.3, 0.4) is 0 Å². The number of sulfonamides is 1. The highest BCUT2D eigenvalue weighted by Gasteiger charge is 2.22. The van der Waals surface area contributed by atoms with E-state index in [2.05, 4.69) is 9.97 Å². The molecule has 4 rings (SSSR count). The molecule has 2 aromatic heterocycles. The zero-order chi connectivity index (χ0) is 23.6. The molecule has 2 N–H and O–H groups in total. The molecule has 3 aromatic rings. The van der Waals surface area contributed by atoms with Crippen LogP contribution in [0.4, 0.5) is 0 Å². The van der Waals surface area contributed by atoms with Crippen molar-refractivity contribution in [2.45, 2.75) is 19.8 Å². The monoisotopic (exact) mass is 470 g/mol. The summed E-state index contributed by atoms with van der Waals surface area (Å²) < 4.78 is 30.8. The maximum absolute atomic E-state index is 12.1. The molecule has 1 aromatic carbocycles. The van der Waals surface area contributed by atoms with Crippen LogP contribution < -0.4 is 9.46 Å². The molecular weight excluding hydrogens is 444 g/mol. The molecule has 0 radical (unpaired) electrons. The van der Waals surface area contributed by atoms with Gasteiger partial charge >= 0.3 is 0 Å². The third-order valence-electron chi connectivity index (χ3n) is 5.81. The third kappa shape index (κ3) is 5.33. The minimum absolute atomic E-state index is 0.113.